The lowest BCUT2D eigenvalue weighted by molar-refractivity contribution is -0.140. The molecule has 5 heteroatoms. The fourth-order valence-corrected chi connectivity index (χ4v) is 2.07. The van der Waals surface area contributed by atoms with Crippen LogP contribution in [0.2, 0.25) is 0 Å². The third-order valence-electron chi connectivity index (χ3n) is 3.41. The van der Waals surface area contributed by atoms with Crippen LogP contribution >= 0.6 is 0 Å². The minimum atomic E-state index is -0.209. The summed E-state index contributed by atoms with van der Waals surface area (Å²) >= 11 is 0. The summed E-state index contributed by atoms with van der Waals surface area (Å²) in [4.78, 5) is 22.6. The molecule has 22 heavy (non-hydrogen) atoms. The van der Waals surface area contributed by atoms with E-state index >= 15 is 0 Å². The maximum Gasteiger partial charge on any atom is 0.314 e. The second-order valence-electron chi connectivity index (χ2n) is 5.36. The molecule has 0 aliphatic rings. The van der Waals surface area contributed by atoms with Crippen molar-refractivity contribution in [2.45, 2.75) is 45.1 Å². The number of aryl methyl sites for hydroxylation is 1. The fourth-order valence-electron chi connectivity index (χ4n) is 2.07. The lowest BCUT2D eigenvalue weighted by Crippen LogP contribution is -2.41. The summed E-state index contributed by atoms with van der Waals surface area (Å²) in [7, 11) is 1.38. The monoisotopic (exact) mass is 306 g/mol. The van der Waals surface area contributed by atoms with Crippen LogP contribution in [-0.4, -0.2) is 31.7 Å². The zero-order valence-electron chi connectivity index (χ0n) is 13.4. The lowest BCUT2D eigenvalue weighted by Gasteiger charge is -2.14. The number of unbranched alkanes of at least 4 members (excludes halogenated alkanes) is 1. The summed E-state index contributed by atoms with van der Waals surface area (Å²) in [6.45, 7) is 2.56. The number of rotatable bonds is 9. The number of ether oxygens (including phenoxy) is 1. The maximum absolute atomic E-state index is 11.7. The molecule has 0 heterocycles. The van der Waals surface area contributed by atoms with E-state index in [0.29, 0.717) is 13.0 Å². The van der Waals surface area contributed by atoms with E-state index in [1.54, 1.807) is 0 Å². The molecule has 122 valence electrons. The average molecular weight is 306 g/mol. The molecule has 1 atom stereocenters. The second-order valence-corrected chi connectivity index (χ2v) is 5.36. The molecule has 0 aromatic heterocycles. The quantitative estimate of drug-likeness (QED) is 0.544. The molecule has 2 amide bonds. The van der Waals surface area contributed by atoms with E-state index in [4.69, 9.17) is 0 Å². The van der Waals surface area contributed by atoms with Crippen molar-refractivity contribution < 1.29 is 14.3 Å². The van der Waals surface area contributed by atoms with Gasteiger partial charge in [-0.25, -0.2) is 4.79 Å². The summed E-state index contributed by atoms with van der Waals surface area (Å²) in [5.41, 5.74) is 1.28. The van der Waals surface area contributed by atoms with Crippen LogP contribution in [0.1, 0.15) is 38.2 Å². The Balaban J connectivity index is 2.07. The predicted molar refractivity (Wildman–Crippen MR) is 86.6 cm³/mol. The van der Waals surface area contributed by atoms with Crippen LogP contribution in [0.4, 0.5) is 4.79 Å². The third-order valence-corrected chi connectivity index (χ3v) is 3.41. The summed E-state index contributed by atoms with van der Waals surface area (Å²) < 4.78 is 4.56. The molecular formula is C17H26N2O3. The van der Waals surface area contributed by atoms with Crippen molar-refractivity contribution in [3.05, 3.63) is 35.9 Å². The zero-order valence-corrected chi connectivity index (χ0v) is 13.4. The van der Waals surface area contributed by atoms with Crippen molar-refractivity contribution in [1.29, 1.82) is 0 Å². The number of nitrogens with one attached hydrogen (secondary N) is 2. The number of urea groups is 1. The summed E-state index contributed by atoms with van der Waals surface area (Å²) in [6, 6.07) is 10.2. The summed E-state index contributed by atoms with van der Waals surface area (Å²) in [6.07, 6.45) is 3.73. The van der Waals surface area contributed by atoms with Gasteiger partial charge >= 0.3 is 12.0 Å². The number of carbonyl (C=O) groups is 2. The first kappa shape index (κ1) is 18.0. The Morgan fingerprint density at radius 3 is 2.59 bits per heavy atom. The first-order valence-electron chi connectivity index (χ1n) is 7.77. The van der Waals surface area contributed by atoms with Gasteiger partial charge in [0, 0.05) is 19.0 Å². The summed E-state index contributed by atoms with van der Waals surface area (Å²) in [5.74, 6) is -0.209. The van der Waals surface area contributed by atoms with Gasteiger partial charge in [-0.1, -0.05) is 30.3 Å². The van der Waals surface area contributed by atoms with Crippen LogP contribution in [0.5, 0.6) is 0 Å². The number of hydrogen-bond acceptors (Lipinski definition) is 3. The molecule has 0 saturated carbocycles. The Morgan fingerprint density at radius 1 is 1.18 bits per heavy atom. The van der Waals surface area contributed by atoms with Crippen LogP contribution in [0.3, 0.4) is 0 Å². The van der Waals surface area contributed by atoms with E-state index in [2.05, 4.69) is 27.5 Å². The summed E-state index contributed by atoms with van der Waals surface area (Å²) in [5, 5.41) is 5.72. The van der Waals surface area contributed by atoms with E-state index in [9.17, 15) is 9.59 Å². The first-order chi connectivity index (χ1) is 10.6. The average Bonchev–Trinajstić information content (AvgIpc) is 2.53. The van der Waals surface area contributed by atoms with Gasteiger partial charge in [-0.15, -0.1) is 0 Å². The van der Waals surface area contributed by atoms with Crippen molar-refractivity contribution in [1.82, 2.24) is 10.6 Å². The van der Waals surface area contributed by atoms with Crippen LogP contribution < -0.4 is 10.6 Å². The van der Waals surface area contributed by atoms with Crippen molar-refractivity contribution >= 4 is 12.0 Å². The molecule has 1 rings (SSSR count). The molecule has 1 unspecified atom stereocenters. The van der Waals surface area contributed by atoms with Crippen molar-refractivity contribution in [3.8, 4) is 0 Å². The van der Waals surface area contributed by atoms with Gasteiger partial charge in [0.15, 0.2) is 0 Å². The van der Waals surface area contributed by atoms with E-state index in [-0.39, 0.29) is 18.0 Å². The Kier molecular flexibility index (Phi) is 8.72. The highest BCUT2D eigenvalue weighted by molar-refractivity contribution is 5.74. The number of esters is 1. The van der Waals surface area contributed by atoms with Gasteiger partial charge in [0.25, 0.3) is 0 Å². The van der Waals surface area contributed by atoms with E-state index < -0.39 is 0 Å². The molecule has 0 fully saturated rings. The third kappa shape index (κ3) is 8.29. The van der Waals surface area contributed by atoms with Gasteiger partial charge in [-0.2, -0.15) is 0 Å². The number of amides is 2. The van der Waals surface area contributed by atoms with E-state index in [1.165, 1.54) is 12.7 Å². The smallest absolute Gasteiger partial charge is 0.314 e. The van der Waals surface area contributed by atoms with Gasteiger partial charge in [0.05, 0.1) is 7.11 Å². The molecule has 2 N–H and O–H groups in total. The molecule has 0 aliphatic heterocycles. The second kappa shape index (κ2) is 10.7. The predicted octanol–water partition coefficient (Wildman–Crippen LogP) is 2.65. The Morgan fingerprint density at radius 2 is 1.91 bits per heavy atom. The Bertz CT molecular complexity index is 448. The molecule has 0 saturated heterocycles. The zero-order chi connectivity index (χ0) is 16.2. The highest BCUT2D eigenvalue weighted by atomic mass is 16.5. The number of hydrogen-bond donors (Lipinski definition) is 2. The number of carbonyl (C=O) groups excluding carboxylic acids is 2. The maximum atomic E-state index is 11.7. The SMILES string of the molecule is COC(=O)CCCCNC(=O)NC(C)CCc1ccccc1. The standard InChI is InChI=1S/C17H26N2O3/c1-14(11-12-15-8-4-3-5-9-15)19-17(21)18-13-7-6-10-16(20)22-2/h3-5,8-9,14H,6-7,10-13H2,1-2H3,(H2,18,19,21). The largest absolute Gasteiger partial charge is 0.469 e. The fraction of sp³-hybridized carbons (Fsp3) is 0.529. The number of benzene rings is 1. The van der Waals surface area contributed by atoms with Crippen LogP contribution in [0.25, 0.3) is 0 Å². The molecule has 0 radical (unpaired) electrons. The highest BCUT2D eigenvalue weighted by Crippen LogP contribution is 2.04. The minimum Gasteiger partial charge on any atom is -0.469 e. The molecular weight excluding hydrogens is 280 g/mol. The van der Waals surface area contributed by atoms with Crippen molar-refractivity contribution in [2.24, 2.45) is 0 Å². The molecule has 5 nitrogen and oxygen atoms in total. The van der Waals surface area contributed by atoms with E-state index in [0.717, 1.165) is 25.7 Å². The van der Waals surface area contributed by atoms with Gasteiger partial charge in [0.1, 0.15) is 0 Å². The van der Waals surface area contributed by atoms with Gasteiger partial charge in [-0.3, -0.25) is 4.79 Å². The minimum absolute atomic E-state index is 0.121. The van der Waals surface area contributed by atoms with Crippen molar-refractivity contribution in [2.75, 3.05) is 13.7 Å². The van der Waals surface area contributed by atoms with Crippen LogP contribution in [-0.2, 0) is 16.0 Å². The number of methoxy groups -OCH3 is 1. The Labute approximate surface area is 132 Å². The topological polar surface area (TPSA) is 67.4 Å². The van der Waals surface area contributed by atoms with Gasteiger partial charge in [0.2, 0.25) is 0 Å². The van der Waals surface area contributed by atoms with Gasteiger partial charge < -0.3 is 15.4 Å². The lowest BCUT2D eigenvalue weighted by atomic mass is 10.1. The molecule has 1 aromatic carbocycles. The van der Waals surface area contributed by atoms with Crippen LogP contribution in [0.15, 0.2) is 30.3 Å². The van der Waals surface area contributed by atoms with E-state index in [1.807, 2.05) is 25.1 Å². The Hall–Kier alpha value is -2.04. The highest BCUT2D eigenvalue weighted by Gasteiger charge is 2.07. The molecule has 0 bridgehead atoms. The first-order valence-corrected chi connectivity index (χ1v) is 7.77. The van der Waals surface area contributed by atoms with Crippen LogP contribution in [0, 0.1) is 0 Å². The molecule has 1 aromatic rings. The van der Waals surface area contributed by atoms with Crippen molar-refractivity contribution in [3.63, 3.8) is 0 Å². The van der Waals surface area contributed by atoms with Gasteiger partial charge in [-0.05, 0) is 38.2 Å². The molecule has 0 aliphatic carbocycles. The normalized spacial score (nSPS) is 11.5. The molecule has 0 spiro atoms.